The second kappa shape index (κ2) is 6.62. The molecule has 2 atom stereocenters. The van der Waals surface area contributed by atoms with Gasteiger partial charge in [0.1, 0.15) is 11.6 Å². The number of pyridine rings is 1. The van der Waals surface area contributed by atoms with Gasteiger partial charge in [-0.15, -0.1) is 0 Å². The minimum atomic E-state index is 0.104. The molecule has 0 radical (unpaired) electrons. The standard InChI is InChI=1S/C23H23N7/c24-10-21-26-12-19(29-21)15-3-1-14(2-4-15)18-6-5-16(11-25-18)20-13-27-22(30-20)23-9-17(23)7-8-28-23/h1-6,11-13,17,28H,7-10,24H2,(H,26,29)(H,27,30)/t17-,23+/m0/s1. The molecule has 1 saturated heterocycles. The lowest BCUT2D eigenvalue weighted by atomic mass is 10.1. The Hall–Kier alpha value is -3.29. The predicted octanol–water partition coefficient (Wildman–Crippen LogP) is 3.20. The van der Waals surface area contributed by atoms with Crippen LogP contribution in [0.2, 0.25) is 0 Å². The number of imidazole rings is 2. The lowest BCUT2D eigenvalue weighted by molar-refractivity contribution is 0.550. The summed E-state index contributed by atoms with van der Waals surface area (Å²) in [7, 11) is 0. The molecule has 7 nitrogen and oxygen atoms in total. The third-order valence-electron chi connectivity index (χ3n) is 6.42. The summed E-state index contributed by atoms with van der Waals surface area (Å²) in [6.07, 6.45) is 8.09. The molecule has 2 fully saturated rings. The van der Waals surface area contributed by atoms with Crippen molar-refractivity contribution in [3.8, 4) is 33.8 Å². The van der Waals surface area contributed by atoms with Crippen LogP contribution in [-0.4, -0.2) is 31.5 Å². The molecule has 1 aliphatic heterocycles. The first kappa shape index (κ1) is 17.6. The van der Waals surface area contributed by atoms with Crippen molar-refractivity contribution in [1.82, 2.24) is 30.2 Å². The van der Waals surface area contributed by atoms with Crippen LogP contribution in [0.3, 0.4) is 0 Å². The second-order valence-electron chi connectivity index (χ2n) is 8.19. The highest BCUT2D eigenvalue weighted by atomic mass is 15.2. The summed E-state index contributed by atoms with van der Waals surface area (Å²) >= 11 is 0. The van der Waals surface area contributed by atoms with Gasteiger partial charge in [-0.25, -0.2) is 9.97 Å². The van der Waals surface area contributed by atoms with E-state index in [-0.39, 0.29) is 5.54 Å². The molecule has 0 spiro atoms. The number of nitrogens with two attached hydrogens (primary N) is 1. The third-order valence-corrected chi connectivity index (χ3v) is 6.42. The zero-order valence-electron chi connectivity index (χ0n) is 16.5. The summed E-state index contributed by atoms with van der Waals surface area (Å²) in [5.41, 5.74) is 11.9. The van der Waals surface area contributed by atoms with Crippen LogP contribution in [0.1, 0.15) is 24.5 Å². The summed E-state index contributed by atoms with van der Waals surface area (Å²) in [4.78, 5) is 20.3. The topological polar surface area (TPSA) is 108 Å². The second-order valence-corrected chi connectivity index (χ2v) is 8.19. The van der Waals surface area contributed by atoms with Gasteiger partial charge < -0.3 is 21.0 Å². The SMILES string of the molecule is NCc1ncc(-c2ccc(-c3ccc(-c4cnc([C@@]56C[C@@H]5CCN6)[nH]4)cn3)cc2)[nH]1. The fourth-order valence-corrected chi connectivity index (χ4v) is 4.59. The van der Waals surface area contributed by atoms with Crippen molar-refractivity contribution in [3.63, 3.8) is 0 Å². The molecule has 5 N–H and O–H groups in total. The summed E-state index contributed by atoms with van der Waals surface area (Å²) in [5, 5.41) is 3.62. The molecule has 1 aromatic carbocycles. The molecule has 4 aromatic rings. The molecule has 6 rings (SSSR count). The molecule has 2 aliphatic rings. The Morgan fingerprint density at radius 2 is 1.63 bits per heavy atom. The monoisotopic (exact) mass is 397 g/mol. The average molecular weight is 397 g/mol. The highest BCUT2D eigenvalue weighted by Crippen LogP contribution is 2.56. The molecule has 0 amide bonds. The van der Waals surface area contributed by atoms with Gasteiger partial charge in [0.2, 0.25) is 0 Å². The number of hydrogen-bond donors (Lipinski definition) is 4. The predicted molar refractivity (Wildman–Crippen MR) is 115 cm³/mol. The molecule has 1 aliphatic carbocycles. The average Bonchev–Trinajstić information content (AvgIpc) is 3.28. The van der Waals surface area contributed by atoms with E-state index in [0.717, 1.165) is 57.9 Å². The summed E-state index contributed by atoms with van der Waals surface area (Å²) in [5.74, 6) is 2.59. The number of hydrogen-bond acceptors (Lipinski definition) is 5. The van der Waals surface area contributed by atoms with Crippen molar-refractivity contribution < 1.29 is 0 Å². The molecule has 1 saturated carbocycles. The van der Waals surface area contributed by atoms with Gasteiger partial charge in [0.15, 0.2) is 0 Å². The van der Waals surface area contributed by atoms with Gasteiger partial charge in [0.05, 0.1) is 41.6 Å². The Balaban J connectivity index is 1.21. The molecule has 150 valence electrons. The number of nitrogens with one attached hydrogen (secondary N) is 3. The lowest BCUT2D eigenvalue weighted by Crippen LogP contribution is -2.26. The van der Waals surface area contributed by atoms with Gasteiger partial charge in [-0.2, -0.15) is 0 Å². The number of H-pyrrole nitrogens is 2. The zero-order valence-corrected chi connectivity index (χ0v) is 16.5. The Bertz CT molecular complexity index is 1190. The lowest BCUT2D eigenvalue weighted by Gasteiger charge is -2.09. The van der Waals surface area contributed by atoms with Crippen LogP contribution < -0.4 is 11.1 Å². The number of fused-ring (bicyclic) bond motifs is 1. The zero-order chi connectivity index (χ0) is 20.1. The van der Waals surface area contributed by atoms with Gasteiger partial charge in [-0.05, 0) is 43.0 Å². The first-order chi connectivity index (χ1) is 14.7. The number of aromatic amines is 2. The summed E-state index contributed by atoms with van der Waals surface area (Å²) < 4.78 is 0. The van der Waals surface area contributed by atoms with Crippen LogP contribution in [0.5, 0.6) is 0 Å². The van der Waals surface area contributed by atoms with E-state index in [1.54, 1.807) is 0 Å². The van der Waals surface area contributed by atoms with E-state index in [2.05, 4.69) is 66.6 Å². The van der Waals surface area contributed by atoms with Crippen molar-refractivity contribution in [2.45, 2.75) is 24.9 Å². The van der Waals surface area contributed by atoms with Crippen LogP contribution in [0, 0.1) is 5.92 Å². The highest BCUT2D eigenvalue weighted by Gasteiger charge is 2.60. The highest BCUT2D eigenvalue weighted by molar-refractivity contribution is 5.68. The van der Waals surface area contributed by atoms with Gasteiger partial charge in [-0.1, -0.05) is 24.3 Å². The van der Waals surface area contributed by atoms with Gasteiger partial charge in [0.25, 0.3) is 0 Å². The first-order valence-electron chi connectivity index (χ1n) is 10.4. The van der Waals surface area contributed by atoms with Crippen LogP contribution in [0.15, 0.2) is 55.0 Å². The smallest absolute Gasteiger partial charge is 0.127 e. The quantitative estimate of drug-likeness (QED) is 0.414. The minimum absolute atomic E-state index is 0.104. The van der Waals surface area contributed by atoms with Gasteiger partial charge in [-0.3, -0.25) is 4.98 Å². The van der Waals surface area contributed by atoms with Crippen molar-refractivity contribution >= 4 is 0 Å². The van der Waals surface area contributed by atoms with E-state index in [1.807, 2.05) is 18.6 Å². The maximum Gasteiger partial charge on any atom is 0.127 e. The largest absolute Gasteiger partial charge is 0.341 e. The summed E-state index contributed by atoms with van der Waals surface area (Å²) in [6, 6.07) is 12.4. The Morgan fingerprint density at radius 3 is 2.30 bits per heavy atom. The number of nitrogens with zero attached hydrogens (tertiary/aromatic N) is 3. The van der Waals surface area contributed by atoms with Gasteiger partial charge >= 0.3 is 0 Å². The number of rotatable bonds is 5. The van der Waals surface area contributed by atoms with Crippen LogP contribution >= 0.6 is 0 Å². The van der Waals surface area contributed by atoms with Gasteiger partial charge in [0, 0.05) is 17.3 Å². The summed E-state index contributed by atoms with van der Waals surface area (Å²) in [6.45, 7) is 1.49. The number of benzene rings is 1. The van der Waals surface area contributed by atoms with Crippen molar-refractivity contribution in [2.24, 2.45) is 11.7 Å². The van der Waals surface area contributed by atoms with Crippen LogP contribution in [0.4, 0.5) is 0 Å². The Morgan fingerprint density at radius 1 is 0.867 bits per heavy atom. The van der Waals surface area contributed by atoms with Crippen LogP contribution in [-0.2, 0) is 12.1 Å². The van der Waals surface area contributed by atoms with E-state index in [0.29, 0.717) is 6.54 Å². The van der Waals surface area contributed by atoms with E-state index >= 15 is 0 Å². The van der Waals surface area contributed by atoms with Crippen molar-refractivity contribution in [2.75, 3.05) is 6.54 Å². The fraction of sp³-hybridized carbons (Fsp3) is 0.261. The van der Waals surface area contributed by atoms with E-state index in [4.69, 9.17) is 5.73 Å². The molecule has 7 heteroatoms. The normalized spacial score (nSPS) is 22.2. The number of aromatic nitrogens is 5. The Labute approximate surface area is 174 Å². The fourth-order valence-electron chi connectivity index (χ4n) is 4.59. The molecule has 0 bridgehead atoms. The van der Waals surface area contributed by atoms with E-state index < -0.39 is 0 Å². The molecular weight excluding hydrogens is 374 g/mol. The van der Waals surface area contributed by atoms with E-state index in [9.17, 15) is 0 Å². The maximum absolute atomic E-state index is 5.63. The maximum atomic E-state index is 5.63. The molecule has 3 aromatic heterocycles. The molecule has 0 unspecified atom stereocenters. The molecule has 30 heavy (non-hydrogen) atoms. The first-order valence-corrected chi connectivity index (χ1v) is 10.4. The van der Waals surface area contributed by atoms with E-state index in [1.165, 1.54) is 12.8 Å². The number of piperidine rings is 1. The minimum Gasteiger partial charge on any atom is -0.341 e. The van der Waals surface area contributed by atoms with Crippen LogP contribution in [0.25, 0.3) is 33.8 Å². The third kappa shape index (κ3) is 2.78. The van der Waals surface area contributed by atoms with Crippen molar-refractivity contribution in [1.29, 1.82) is 0 Å². The van der Waals surface area contributed by atoms with Crippen molar-refractivity contribution in [3.05, 3.63) is 66.6 Å². The molecular formula is C23H23N7. The molecule has 4 heterocycles. The Kier molecular flexibility index (Phi) is 3.87.